The van der Waals surface area contributed by atoms with Crippen molar-refractivity contribution in [1.29, 1.82) is 0 Å². The summed E-state index contributed by atoms with van der Waals surface area (Å²) in [6.07, 6.45) is 0. The zero-order valence-electron chi connectivity index (χ0n) is 10.4. The molecular formula is C10H15N3O5. The molecule has 0 aliphatic carbocycles. The first kappa shape index (κ1) is 15.8. The van der Waals surface area contributed by atoms with Crippen molar-refractivity contribution in [3.05, 3.63) is 55.3 Å². The molecule has 1 aromatic carbocycles. The molecule has 0 atom stereocenters. The summed E-state index contributed by atoms with van der Waals surface area (Å²) in [6.45, 7) is 0.793. The second-order valence-electron chi connectivity index (χ2n) is 4.60. The maximum Gasteiger partial charge on any atom is 0.269 e. The molecule has 0 radical (unpaired) electrons. The lowest BCUT2D eigenvalue weighted by molar-refractivity contribution is -0.884. The van der Waals surface area contributed by atoms with Crippen molar-refractivity contribution in [2.75, 3.05) is 21.1 Å². The lowest BCUT2D eigenvalue weighted by Crippen LogP contribution is -2.33. The number of benzene rings is 1. The predicted octanol–water partition coefficient (Wildman–Crippen LogP) is 1.56. The molecule has 0 amide bonds. The highest BCUT2D eigenvalue weighted by atomic mass is 16.9. The van der Waals surface area contributed by atoms with Gasteiger partial charge in [-0.3, -0.25) is 10.1 Å². The molecule has 0 aromatic heterocycles. The zero-order chi connectivity index (χ0) is 14.3. The van der Waals surface area contributed by atoms with Crippen molar-refractivity contribution in [2.45, 2.75) is 6.54 Å². The molecule has 8 heteroatoms. The van der Waals surface area contributed by atoms with Crippen LogP contribution in [0.1, 0.15) is 5.56 Å². The van der Waals surface area contributed by atoms with Gasteiger partial charge in [-0.05, 0) is 0 Å². The third-order valence-electron chi connectivity index (χ3n) is 1.78. The average molecular weight is 257 g/mol. The van der Waals surface area contributed by atoms with Crippen molar-refractivity contribution in [3.63, 3.8) is 0 Å². The molecule has 18 heavy (non-hydrogen) atoms. The van der Waals surface area contributed by atoms with Gasteiger partial charge in [0, 0.05) is 17.7 Å². The summed E-state index contributed by atoms with van der Waals surface area (Å²) >= 11 is 0. The van der Waals surface area contributed by atoms with Crippen LogP contribution in [0.25, 0.3) is 0 Å². The number of nitro groups is 1. The van der Waals surface area contributed by atoms with Crippen LogP contribution in [0.3, 0.4) is 0 Å². The van der Waals surface area contributed by atoms with E-state index in [-0.39, 0.29) is 10.6 Å². The van der Waals surface area contributed by atoms with Crippen LogP contribution in [-0.2, 0) is 6.54 Å². The number of hydrogen-bond acceptors (Lipinski definition) is 5. The third-order valence-corrected chi connectivity index (χ3v) is 1.78. The number of nitrogens with zero attached hydrogens (tertiary/aromatic N) is 3. The fourth-order valence-corrected chi connectivity index (χ4v) is 1.32. The summed E-state index contributed by atoms with van der Waals surface area (Å²) in [4.78, 5) is 18.4. The Morgan fingerprint density at radius 2 is 1.61 bits per heavy atom. The Balaban J connectivity index is 0.000000631. The van der Waals surface area contributed by atoms with E-state index in [0.29, 0.717) is 0 Å². The molecule has 8 nitrogen and oxygen atoms in total. The summed E-state index contributed by atoms with van der Waals surface area (Å²) in [6, 6.07) is 6.78. The number of quaternary nitrogens is 1. The molecule has 1 aromatic rings. The first-order valence-electron chi connectivity index (χ1n) is 4.97. The SMILES string of the molecule is C[N+](C)(C)Cc1cccc([N+](=O)[O-])c1.O=[N+]([O-])[O-]. The van der Waals surface area contributed by atoms with Gasteiger partial charge in [-0.1, -0.05) is 12.1 Å². The minimum Gasteiger partial charge on any atom is -0.356 e. The van der Waals surface area contributed by atoms with Crippen LogP contribution in [0.4, 0.5) is 5.69 Å². The lowest BCUT2D eigenvalue weighted by Gasteiger charge is -2.23. The van der Waals surface area contributed by atoms with E-state index in [4.69, 9.17) is 15.3 Å². The topological polar surface area (TPSA) is 109 Å². The summed E-state index contributed by atoms with van der Waals surface area (Å²) in [5.41, 5.74) is 1.16. The van der Waals surface area contributed by atoms with Crippen LogP contribution >= 0.6 is 0 Å². The highest BCUT2D eigenvalue weighted by Crippen LogP contribution is 2.15. The van der Waals surface area contributed by atoms with Crippen LogP contribution in [0, 0.1) is 25.4 Å². The van der Waals surface area contributed by atoms with Gasteiger partial charge in [-0.2, -0.15) is 0 Å². The van der Waals surface area contributed by atoms with Gasteiger partial charge in [-0.25, -0.2) is 0 Å². The first-order valence-corrected chi connectivity index (χ1v) is 4.97. The molecular weight excluding hydrogens is 242 g/mol. The quantitative estimate of drug-likeness (QED) is 0.463. The molecule has 0 aliphatic heterocycles. The molecule has 1 rings (SSSR count). The zero-order valence-corrected chi connectivity index (χ0v) is 10.4. The number of non-ortho nitro benzene ring substituents is 1. The molecule has 0 aliphatic rings. The van der Waals surface area contributed by atoms with Crippen LogP contribution in [0.5, 0.6) is 0 Å². The van der Waals surface area contributed by atoms with Crippen molar-refractivity contribution >= 4 is 5.69 Å². The van der Waals surface area contributed by atoms with E-state index in [9.17, 15) is 10.1 Å². The number of hydrogen-bond donors (Lipinski definition) is 0. The second-order valence-corrected chi connectivity index (χ2v) is 4.60. The van der Waals surface area contributed by atoms with E-state index in [1.165, 1.54) is 6.07 Å². The van der Waals surface area contributed by atoms with E-state index in [1.54, 1.807) is 12.1 Å². The van der Waals surface area contributed by atoms with E-state index in [0.717, 1.165) is 16.6 Å². The van der Waals surface area contributed by atoms with Crippen LogP contribution < -0.4 is 0 Å². The highest BCUT2D eigenvalue weighted by Gasteiger charge is 2.11. The monoisotopic (exact) mass is 257 g/mol. The van der Waals surface area contributed by atoms with Gasteiger partial charge in [0.25, 0.3) is 5.69 Å². The van der Waals surface area contributed by atoms with Gasteiger partial charge in [0.1, 0.15) is 6.54 Å². The number of nitro benzene ring substituents is 1. The molecule has 0 unspecified atom stereocenters. The van der Waals surface area contributed by atoms with Gasteiger partial charge in [0.05, 0.1) is 31.2 Å². The Labute approximate surface area is 104 Å². The van der Waals surface area contributed by atoms with Crippen molar-refractivity contribution in [2.24, 2.45) is 0 Å². The van der Waals surface area contributed by atoms with Gasteiger partial charge in [-0.15, -0.1) is 0 Å². The van der Waals surface area contributed by atoms with Crippen molar-refractivity contribution < 1.29 is 14.5 Å². The fraction of sp³-hybridized carbons (Fsp3) is 0.400. The molecule has 0 saturated heterocycles. The van der Waals surface area contributed by atoms with Crippen LogP contribution in [0.15, 0.2) is 24.3 Å². The minimum atomic E-state index is -1.75. The summed E-state index contributed by atoms with van der Waals surface area (Å²) < 4.78 is 0.765. The van der Waals surface area contributed by atoms with Crippen LogP contribution in [-0.4, -0.2) is 35.6 Å². The molecule has 0 bridgehead atoms. The van der Waals surface area contributed by atoms with E-state index in [1.807, 2.05) is 6.07 Å². The predicted molar refractivity (Wildman–Crippen MR) is 65.2 cm³/mol. The van der Waals surface area contributed by atoms with Crippen molar-refractivity contribution in [3.8, 4) is 0 Å². The largest absolute Gasteiger partial charge is 0.356 e. The smallest absolute Gasteiger partial charge is 0.269 e. The van der Waals surface area contributed by atoms with Gasteiger partial charge >= 0.3 is 0 Å². The maximum absolute atomic E-state index is 10.5. The molecule has 0 saturated carbocycles. The second kappa shape index (κ2) is 6.50. The normalized spacial score (nSPS) is 10.2. The van der Waals surface area contributed by atoms with Crippen molar-refractivity contribution in [1.82, 2.24) is 0 Å². The van der Waals surface area contributed by atoms with E-state index < -0.39 is 5.09 Å². The fourth-order valence-electron chi connectivity index (χ4n) is 1.32. The Morgan fingerprint density at radius 1 is 1.11 bits per heavy atom. The lowest BCUT2D eigenvalue weighted by atomic mass is 10.2. The molecule has 0 heterocycles. The maximum atomic E-state index is 10.5. The first-order chi connectivity index (χ1) is 8.11. The molecule has 0 fully saturated rings. The Morgan fingerprint density at radius 3 is 2.00 bits per heavy atom. The van der Waals surface area contributed by atoms with E-state index in [2.05, 4.69) is 21.1 Å². The van der Waals surface area contributed by atoms with E-state index >= 15 is 0 Å². The Kier molecular flexibility index (Phi) is 5.70. The van der Waals surface area contributed by atoms with Gasteiger partial charge < -0.3 is 19.8 Å². The molecule has 100 valence electrons. The van der Waals surface area contributed by atoms with Crippen LogP contribution in [0.2, 0.25) is 0 Å². The Hall–Kier alpha value is -2.22. The molecule has 0 spiro atoms. The molecule has 0 N–H and O–H groups in total. The van der Waals surface area contributed by atoms with Gasteiger partial charge in [0.15, 0.2) is 0 Å². The number of rotatable bonds is 3. The minimum absolute atomic E-state index is 0.163. The highest BCUT2D eigenvalue weighted by molar-refractivity contribution is 5.33. The third kappa shape index (κ3) is 7.99. The van der Waals surface area contributed by atoms with Gasteiger partial charge in [0.2, 0.25) is 0 Å². The average Bonchev–Trinajstić information content (AvgIpc) is 2.14. The Bertz CT molecular complexity index is 424. The standard InChI is InChI=1S/C10H15N2O2.NO3/c1-12(2,3)8-9-5-4-6-10(7-9)11(13)14;2-1(3)4/h4-7H,8H2,1-3H3;/q+1;-1. The summed E-state index contributed by atoms with van der Waals surface area (Å²) in [7, 11) is 6.16. The summed E-state index contributed by atoms with van der Waals surface area (Å²) in [5, 5.41) is 25.3. The summed E-state index contributed by atoms with van der Waals surface area (Å²) in [5.74, 6) is 0.